The Morgan fingerprint density at radius 2 is 2.13 bits per heavy atom. The number of hydrogen-bond donors (Lipinski definition) is 3. The van der Waals surface area contributed by atoms with Crippen molar-refractivity contribution in [1.82, 2.24) is 19.9 Å². The summed E-state index contributed by atoms with van der Waals surface area (Å²) in [6.45, 7) is 0. The van der Waals surface area contributed by atoms with E-state index in [1.165, 1.54) is 0 Å². The van der Waals surface area contributed by atoms with Crippen LogP contribution in [0.3, 0.4) is 0 Å². The van der Waals surface area contributed by atoms with Crippen LogP contribution < -0.4 is 20.7 Å². The fourth-order valence-electron chi connectivity index (χ4n) is 3.34. The van der Waals surface area contributed by atoms with Crippen LogP contribution in [0.25, 0.3) is 11.7 Å². The summed E-state index contributed by atoms with van der Waals surface area (Å²) < 4.78 is 7.01. The highest BCUT2D eigenvalue weighted by Gasteiger charge is 2.25. The molecule has 2 aromatic heterocycles. The predicted molar refractivity (Wildman–Crippen MR) is 112 cm³/mol. The molecule has 5 rings (SSSR count). The van der Waals surface area contributed by atoms with E-state index in [4.69, 9.17) is 9.72 Å². The van der Waals surface area contributed by atoms with Crippen molar-refractivity contribution in [3.63, 3.8) is 0 Å². The molecule has 152 valence electrons. The number of imide groups is 1. The third-order valence-electron chi connectivity index (χ3n) is 5.00. The molecule has 0 unspecified atom stereocenters. The Morgan fingerprint density at radius 1 is 1.27 bits per heavy atom. The Hall–Kier alpha value is -3.88. The zero-order valence-electron chi connectivity index (χ0n) is 16.3. The van der Waals surface area contributed by atoms with E-state index < -0.39 is 0 Å². The quantitative estimate of drug-likeness (QED) is 0.428. The first-order valence-corrected chi connectivity index (χ1v) is 9.70. The van der Waals surface area contributed by atoms with Crippen molar-refractivity contribution >= 4 is 40.9 Å². The number of rotatable bonds is 6. The van der Waals surface area contributed by atoms with Gasteiger partial charge in [0.25, 0.3) is 5.91 Å². The van der Waals surface area contributed by atoms with Crippen LogP contribution in [0.2, 0.25) is 0 Å². The van der Waals surface area contributed by atoms with Crippen LogP contribution in [-0.2, 0) is 9.59 Å². The lowest BCUT2D eigenvalue weighted by molar-refractivity contribution is -0.124. The zero-order valence-corrected chi connectivity index (χ0v) is 16.3. The van der Waals surface area contributed by atoms with Crippen LogP contribution in [0.15, 0.2) is 42.1 Å². The third kappa shape index (κ3) is 3.57. The number of aromatic nitrogens is 3. The molecule has 3 heterocycles. The van der Waals surface area contributed by atoms with E-state index in [1.807, 2.05) is 30.3 Å². The first-order valence-electron chi connectivity index (χ1n) is 9.70. The molecule has 2 amide bonds. The molecule has 2 fully saturated rings. The molecule has 0 atom stereocenters. The summed E-state index contributed by atoms with van der Waals surface area (Å²) in [5, 5.41) is 13.5. The molecule has 3 N–H and O–H groups in total. The minimum Gasteiger partial charge on any atom is -0.497 e. The van der Waals surface area contributed by atoms with Gasteiger partial charge in [0.05, 0.1) is 19.7 Å². The maximum Gasteiger partial charge on any atom is 0.254 e. The van der Waals surface area contributed by atoms with E-state index in [1.54, 1.807) is 23.9 Å². The molecule has 3 aromatic rings. The lowest BCUT2D eigenvalue weighted by Gasteiger charge is -2.12. The molecule has 0 bridgehead atoms. The smallest absolute Gasteiger partial charge is 0.254 e. The Bertz CT molecular complexity index is 1190. The highest BCUT2D eigenvalue weighted by molar-refractivity contribution is 6.15. The molecule has 30 heavy (non-hydrogen) atoms. The van der Waals surface area contributed by atoms with Crippen LogP contribution >= 0.6 is 0 Å². The number of benzene rings is 1. The summed E-state index contributed by atoms with van der Waals surface area (Å²) in [6.07, 6.45) is 5.61. The van der Waals surface area contributed by atoms with Gasteiger partial charge in [-0.25, -0.2) is 4.98 Å². The fourth-order valence-corrected chi connectivity index (χ4v) is 3.34. The van der Waals surface area contributed by atoms with E-state index in [9.17, 15) is 9.59 Å². The van der Waals surface area contributed by atoms with E-state index in [0.29, 0.717) is 28.6 Å². The maximum atomic E-state index is 12.0. The fraction of sp³-hybridized carbons (Fsp3) is 0.238. The summed E-state index contributed by atoms with van der Waals surface area (Å²) >= 11 is 0. The van der Waals surface area contributed by atoms with Crippen LogP contribution in [-0.4, -0.2) is 39.6 Å². The minimum absolute atomic E-state index is 0.0606. The molecular formula is C21H20N6O3. The van der Waals surface area contributed by atoms with Crippen molar-refractivity contribution in [2.75, 3.05) is 17.7 Å². The van der Waals surface area contributed by atoms with Crippen LogP contribution in [0.1, 0.15) is 24.8 Å². The van der Waals surface area contributed by atoms with Gasteiger partial charge >= 0.3 is 0 Å². The van der Waals surface area contributed by atoms with E-state index >= 15 is 0 Å². The molecule has 1 aromatic carbocycles. The number of hydrogen-bond acceptors (Lipinski definition) is 7. The highest BCUT2D eigenvalue weighted by Crippen LogP contribution is 2.29. The second-order valence-electron chi connectivity index (χ2n) is 7.36. The van der Waals surface area contributed by atoms with Gasteiger partial charge in [0.1, 0.15) is 17.4 Å². The number of fused-ring (bicyclic) bond motifs is 1. The predicted octanol–water partition coefficient (Wildman–Crippen LogP) is 2.49. The van der Waals surface area contributed by atoms with Gasteiger partial charge in [0.15, 0.2) is 5.65 Å². The van der Waals surface area contributed by atoms with Gasteiger partial charge in [-0.15, -0.1) is 0 Å². The number of methoxy groups -OCH3 is 1. The Balaban J connectivity index is 1.56. The van der Waals surface area contributed by atoms with Crippen molar-refractivity contribution in [3.05, 3.63) is 47.7 Å². The third-order valence-corrected chi connectivity index (χ3v) is 5.00. The van der Waals surface area contributed by atoms with Crippen LogP contribution in [0.4, 0.5) is 17.3 Å². The largest absolute Gasteiger partial charge is 0.497 e. The standard InChI is InChI=1S/C21H20N6O3/c1-30-16-4-2-3-15(9-16)23-17-10-18(24-14-5-6-14)27-20(25-17)13(11-22-27)7-12-8-19(28)26-21(12)29/h2-4,7,9-11,14,24H,5-6,8H2,1H3,(H,23,25)(H,26,28,29)/b12-7+. The molecule has 2 aliphatic rings. The molecule has 1 saturated carbocycles. The zero-order chi connectivity index (χ0) is 20.7. The molecule has 0 radical (unpaired) electrons. The molecule has 1 saturated heterocycles. The van der Waals surface area contributed by atoms with Gasteiger partial charge < -0.3 is 15.4 Å². The second kappa shape index (κ2) is 7.18. The molecule has 1 aliphatic carbocycles. The first-order chi connectivity index (χ1) is 14.6. The number of amides is 2. The van der Waals surface area contributed by atoms with Crippen molar-refractivity contribution < 1.29 is 14.3 Å². The summed E-state index contributed by atoms with van der Waals surface area (Å²) in [4.78, 5) is 28.2. The van der Waals surface area contributed by atoms with E-state index in [-0.39, 0.29) is 18.2 Å². The maximum absolute atomic E-state index is 12.0. The van der Waals surface area contributed by atoms with Gasteiger partial charge in [-0.05, 0) is 31.1 Å². The number of carbonyl (C=O) groups is 2. The summed E-state index contributed by atoms with van der Waals surface area (Å²) in [5.74, 6) is 1.51. The number of anilines is 3. The monoisotopic (exact) mass is 404 g/mol. The van der Waals surface area contributed by atoms with Crippen molar-refractivity contribution in [3.8, 4) is 5.75 Å². The lowest BCUT2D eigenvalue weighted by atomic mass is 10.1. The van der Waals surface area contributed by atoms with Crippen LogP contribution in [0, 0.1) is 0 Å². The molecule has 9 heteroatoms. The minimum atomic E-state index is -0.374. The average molecular weight is 404 g/mol. The van der Waals surface area contributed by atoms with Crippen molar-refractivity contribution in [2.24, 2.45) is 0 Å². The lowest BCUT2D eigenvalue weighted by Crippen LogP contribution is -2.19. The summed E-state index contributed by atoms with van der Waals surface area (Å²) in [6, 6.07) is 9.90. The highest BCUT2D eigenvalue weighted by atomic mass is 16.5. The van der Waals surface area contributed by atoms with Gasteiger partial charge in [0, 0.05) is 35.0 Å². The normalized spacial score (nSPS) is 17.4. The number of ether oxygens (including phenoxy) is 1. The second-order valence-corrected chi connectivity index (χ2v) is 7.36. The number of nitrogens with zero attached hydrogens (tertiary/aromatic N) is 3. The van der Waals surface area contributed by atoms with Gasteiger partial charge in [-0.2, -0.15) is 9.61 Å². The Kier molecular flexibility index (Phi) is 4.35. The number of nitrogens with one attached hydrogen (secondary N) is 3. The molecule has 9 nitrogen and oxygen atoms in total. The van der Waals surface area contributed by atoms with Gasteiger partial charge in [0.2, 0.25) is 5.91 Å². The molecule has 0 spiro atoms. The first kappa shape index (κ1) is 18.2. The SMILES string of the molecule is COc1cccc(Nc2cc(NC3CC3)n3ncc(/C=C4\CC(=O)NC4=O)c3n2)c1. The molecular weight excluding hydrogens is 384 g/mol. The summed E-state index contributed by atoms with van der Waals surface area (Å²) in [5.41, 5.74) is 2.50. The Labute approximate surface area is 172 Å². The topological polar surface area (TPSA) is 110 Å². The van der Waals surface area contributed by atoms with E-state index in [0.717, 1.165) is 30.1 Å². The van der Waals surface area contributed by atoms with Gasteiger partial charge in [-0.1, -0.05) is 6.07 Å². The Morgan fingerprint density at radius 3 is 2.87 bits per heavy atom. The van der Waals surface area contributed by atoms with E-state index in [2.05, 4.69) is 21.0 Å². The van der Waals surface area contributed by atoms with Crippen molar-refractivity contribution in [1.29, 1.82) is 0 Å². The van der Waals surface area contributed by atoms with Crippen molar-refractivity contribution in [2.45, 2.75) is 25.3 Å². The van der Waals surface area contributed by atoms with Crippen LogP contribution in [0.5, 0.6) is 5.75 Å². The summed E-state index contributed by atoms with van der Waals surface area (Å²) in [7, 11) is 1.62. The average Bonchev–Trinajstić information content (AvgIpc) is 3.37. The molecule has 1 aliphatic heterocycles. The van der Waals surface area contributed by atoms with Gasteiger partial charge in [-0.3, -0.25) is 14.9 Å². The number of carbonyl (C=O) groups excluding carboxylic acids is 2.